The van der Waals surface area contributed by atoms with Crippen molar-refractivity contribution in [1.29, 1.82) is 0 Å². The maximum Gasteiger partial charge on any atom is 0.229 e. The Hall–Kier alpha value is -3.28. The fourth-order valence-electron chi connectivity index (χ4n) is 6.24. The molecule has 194 valence electrons. The summed E-state index contributed by atoms with van der Waals surface area (Å²) in [5.74, 6) is 1.07. The van der Waals surface area contributed by atoms with Gasteiger partial charge in [0, 0.05) is 5.56 Å². The maximum absolute atomic E-state index is 13.9. The quantitative estimate of drug-likeness (QED) is 0.373. The van der Waals surface area contributed by atoms with Gasteiger partial charge in [0.05, 0.1) is 23.5 Å². The number of aryl methyl sites for hydroxylation is 2. The van der Waals surface area contributed by atoms with Gasteiger partial charge in [0.2, 0.25) is 5.91 Å². The zero-order valence-electron chi connectivity index (χ0n) is 21.8. The Kier molecular flexibility index (Phi) is 7.27. The minimum atomic E-state index is -0.230. The van der Waals surface area contributed by atoms with Crippen LogP contribution in [0.15, 0.2) is 42.5 Å². The number of halogens is 1. The van der Waals surface area contributed by atoms with Crippen molar-refractivity contribution in [3.8, 4) is 17.0 Å². The molecule has 2 aliphatic carbocycles. The van der Waals surface area contributed by atoms with Crippen LogP contribution in [0.3, 0.4) is 0 Å². The van der Waals surface area contributed by atoms with E-state index in [1.807, 2.05) is 6.07 Å². The highest BCUT2D eigenvalue weighted by Gasteiger charge is 2.36. The lowest BCUT2D eigenvalue weighted by molar-refractivity contribution is -0.115. The summed E-state index contributed by atoms with van der Waals surface area (Å²) < 4.78 is 13.9. The van der Waals surface area contributed by atoms with E-state index in [4.69, 9.17) is 9.97 Å². The predicted octanol–water partition coefficient (Wildman–Crippen LogP) is 6.81. The number of anilines is 1. The lowest BCUT2D eigenvalue weighted by Gasteiger charge is -2.40. The summed E-state index contributed by atoms with van der Waals surface area (Å²) in [5.41, 5.74) is 5.36. The molecule has 2 aromatic carbocycles. The highest BCUT2D eigenvalue weighted by Crippen LogP contribution is 2.46. The standard InChI is InChI=1S/C31H36FN3O2/c1-3-20-6-5-15-31(4-2,18-20)19-27-30(35-28(37)16-21-7-11-24(36)12-8-21)34-26-14-9-22-17-23(32)10-13-25(22)29(26)33-27/h7-8,10-13,17,20,36H,3-6,9,14-16,18-19H2,1-2H3,(H,34,35,37). The van der Waals surface area contributed by atoms with Gasteiger partial charge in [0.25, 0.3) is 0 Å². The van der Waals surface area contributed by atoms with E-state index in [0.717, 1.165) is 59.0 Å². The lowest BCUT2D eigenvalue weighted by Crippen LogP contribution is -2.31. The fraction of sp³-hybridized carbons (Fsp3) is 0.452. The molecule has 2 unspecified atom stereocenters. The van der Waals surface area contributed by atoms with E-state index < -0.39 is 0 Å². The molecule has 1 fully saturated rings. The number of phenolic OH excluding ortho intramolecular Hbond substituents is 1. The third kappa shape index (κ3) is 5.53. The number of rotatable bonds is 7. The fourth-order valence-corrected chi connectivity index (χ4v) is 6.24. The summed E-state index contributed by atoms with van der Waals surface area (Å²) in [6.45, 7) is 4.55. The number of carbonyl (C=O) groups is 1. The summed E-state index contributed by atoms with van der Waals surface area (Å²) in [7, 11) is 0. The first kappa shape index (κ1) is 25.4. The van der Waals surface area contributed by atoms with Gasteiger partial charge in [-0.2, -0.15) is 0 Å². The van der Waals surface area contributed by atoms with Crippen LogP contribution in [-0.4, -0.2) is 21.0 Å². The molecule has 0 bridgehead atoms. The van der Waals surface area contributed by atoms with Crippen molar-refractivity contribution in [3.05, 3.63) is 70.8 Å². The van der Waals surface area contributed by atoms with Crippen LogP contribution in [0, 0.1) is 17.2 Å². The Morgan fingerprint density at radius 2 is 1.95 bits per heavy atom. The van der Waals surface area contributed by atoms with Crippen molar-refractivity contribution < 1.29 is 14.3 Å². The average Bonchev–Trinajstić information content (AvgIpc) is 2.90. The number of hydrogen-bond acceptors (Lipinski definition) is 4. The molecule has 1 amide bonds. The highest BCUT2D eigenvalue weighted by molar-refractivity contribution is 5.92. The summed E-state index contributed by atoms with van der Waals surface area (Å²) in [5, 5.41) is 12.6. The van der Waals surface area contributed by atoms with Crippen LogP contribution in [0.1, 0.15) is 74.9 Å². The van der Waals surface area contributed by atoms with E-state index >= 15 is 0 Å². The Bertz CT molecular complexity index is 1290. The van der Waals surface area contributed by atoms with Gasteiger partial charge < -0.3 is 10.4 Å². The predicted molar refractivity (Wildman–Crippen MR) is 144 cm³/mol. The van der Waals surface area contributed by atoms with Crippen molar-refractivity contribution in [2.75, 3.05) is 5.32 Å². The van der Waals surface area contributed by atoms with Crippen LogP contribution in [-0.2, 0) is 30.5 Å². The molecule has 0 spiro atoms. The maximum atomic E-state index is 13.9. The van der Waals surface area contributed by atoms with Gasteiger partial charge in [-0.1, -0.05) is 51.7 Å². The molecule has 0 aliphatic heterocycles. The van der Waals surface area contributed by atoms with Crippen LogP contribution in [0.2, 0.25) is 0 Å². The van der Waals surface area contributed by atoms with E-state index in [0.29, 0.717) is 18.7 Å². The zero-order valence-corrected chi connectivity index (χ0v) is 21.8. The summed E-state index contributed by atoms with van der Waals surface area (Å²) in [4.78, 5) is 23.2. The van der Waals surface area contributed by atoms with Crippen molar-refractivity contribution in [2.24, 2.45) is 11.3 Å². The number of amides is 1. The van der Waals surface area contributed by atoms with Gasteiger partial charge in [-0.25, -0.2) is 14.4 Å². The number of fused-ring (bicyclic) bond motifs is 3. The SMILES string of the molecule is CCC1CCCC(CC)(Cc2nc3c(nc2NC(=O)Cc2ccc(O)cc2)CCc2cc(F)ccc2-3)C1. The first-order valence-corrected chi connectivity index (χ1v) is 13.6. The van der Waals surface area contributed by atoms with Crippen LogP contribution in [0.5, 0.6) is 5.75 Å². The van der Waals surface area contributed by atoms with E-state index in [1.54, 1.807) is 30.3 Å². The zero-order chi connectivity index (χ0) is 26.0. The summed E-state index contributed by atoms with van der Waals surface area (Å²) in [6, 6.07) is 11.6. The molecular formula is C31H36FN3O2. The average molecular weight is 502 g/mol. The number of phenols is 1. The molecule has 2 N–H and O–H groups in total. The van der Waals surface area contributed by atoms with Gasteiger partial charge in [-0.3, -0.25) is 4.79 Å². The van der Waals surface area contributed by atoms with Crippen molar-refractivity contribution >= 4 is 11.7 Å². The van der Waals surface area contributed by atoms with Crippen LogP contribution in [0.25, 0.3) is 11.3 Å². The van der Waals surface area contributed by atoms with E-state index in [-0.39, 0.29) is 29.3 Å². The topological polar surface area (TPSA) is 75.1 Å². The number of benzene rings is 2. The number of carbonyl (C=O) groups excluding carboxylic acids is 1. The number of aromatic hydroxyl groups is 1. The molecule has 6 heteroatoms. The number of aromatic nitrogens is 2. The van der Waals surface area contributed by atoms with Gasteiger partial charge >= 0.3 is 0 Å². The third-order valence-corrected chi connectivity index (χ3v) is 8.46. The molecule has 2 atom stereocenters. The molecular weight excluding hydrogens is 465 g/mol. The smallest absolute Gasteiger partial charge is 0.229 e. The van der Waals surface area contributed by atoms with Crippen LogP contribution >= 0.6 is 0 Å². The Balaban J connectivity index is 1.50. The van der Waals surface area contributed by atoms with Crippen molar-refractivity contribution in [1.82, 2.24) is 9.97 Å². The highest BCUT2D eigenvalue weighted by atomic mass is 19.1. The second-order valence-corrected chi connectivity index (χ2v) is 10.9. The Morgan fingerprint density at radius 3 is 2.70 bits per heavy atom. The molecule has 2 aliphatic rings. The van der Waals surface area contributed by atoms with Gasteiger partial charge in [-0.05, 0) is 84.9 Å². The number of nitrogens with one attached hydrogen (secondary N) is 1. The molecule has 1 aromatic heterocycles. The number of hydrogen-bond donors (Lipinski definition) is 2. The summed E-state index contributed by atoms with van der Waals surface area (Å²) >= 11 is 0. The molecule has 1 heterocycles. The van der Waals surface area contributed by atoms with Gasteiger partial charge in [-0.15, -0.1) is 0 Å². The molecule has 1 saturated carbocycles. The van der Waals surface area contributed by atoms with Crippen LogP contribution < -0.4 is 5.32 Å². The van der Waals surface area contributed by atoms with Crippen molar-refractivity contribution in [3.63, 3.8) is 0 Å². The molecule has 3 aromatic rings. The lowest BCUT2D eigenvalue weighted by atomic mass is 9.65. The second-order valence-electron chi connectivity index (χ2n) is 10.9. The molecule has 0 radical (unpaired) electrons. The minimum absolute atomic E-state index is 0.137. The molecule has 0 saturated heterocycles. The van der Waals surface area contributed by atoms with Gasteiger partial charge in [0.1, 0.15) is 11.6 Å². The van der Waals surface area contributed by atoms with Crippen molar-refractivity contribution in [2.45, 2.75) is 78.1 Å². The largest absolute Gasteiger partial charge is 0.508 e. The monoisotopic (exact) mass is 501 g/mol. The Morgan fingerprint density at radius 1 is 1.14 bits per heavy atom. The number of nitrogens with zero attached hydrogens (tertiary/aromatic N) is 2. The van der Waals surface area contributed by atoms with E-state index in [9.17, 15) is 14.3 Å². The van der Waals surface area contributed by atoms with E-state index in [2.05, 4.69) is 19.2 Å². The molecule has 37 heavy (non-hydrogen) atoms. The minimum Gasteiger partial charge on any atom is -0.508 e. The second kappa shape index (κ2) is 10.6. The van der Waals surface area contributed by atoms with Crippen LogP contribution in [0.4, 0.5) is 10.2 Å². The first-order chi connectivity index (χ1) is 17.9. The molecule has 5 nitrogen and oxygen atoms in total. The molecule has 5 rings (SSSR count). The Labute approximate surface area is 218 Å². The third-order valence-electron chi connectivity index (χ3n) is 8.46. The van der Waals surface area contributed by atoms with E-state index in [1.165, 1.54) is 31.7 Å². The first-order valence-electron chi connectivity index (χ1n) is 13.6. The normalized spacial score (nSPS) is 20.7. The summed E-state index contributed by atoms with van der Waals surface area (Å²) in [6.07, 6.45) is 9.39. The van der Waals surface area contributed by atoms with Gasteiger partial charge in [0.15, 0.2) is 5.82 Å².